The molecule has 0 heteroatoms. The lowest BCUT2D eigenvalue weighted by atomic mass is 9.97. The van der Waals surface area contributed by atoms with Crippen molar-refractivity contribution in [1.82, 2.24) is 0 Å². The van der Waals surface area contributed by atoms with Gasteiger partial charge in [-0.1, -0.05) is 165 Å². The summed E-state index contributed by atoms with van der Waals surface area (Å²) in [4.78, 5) is 0. The third kappa shape index (κ3) is 7.36. The fourth-order valence-electron chi connectivity index (χ4n) is 4.82. The predicted molar refractivity (Wildman–Crippen MR) is 175 cm³/mol. The van der Waals surface area contributed by atoms with Gasteiger partial charge in [-0.15, -0.1) is 0 Å². The maximum absolute atomic E-state index is 2.28. The van der Waals surface area contributed by atoms with Crippen molar-refractivity contribution in [3.8, 4) is 11.1 Å². The van der Waals surface area contributed by atoms with E-state index in [1.807, 2.05) is 0 Å². The minimum absolute atomic E-state index is 0.617. The quantitative estimate of drug-likeness (QED) is 0.170. The highest BCUT2D eigenvalue weighted by atomic mass is 14.1. The van der Waals surface area contributed by atoms with E-state index < -0.39 is 0 Å². The van der Waals surface area contributed by atoms with Gasteiger partial charge in [0.15, 0.2) is 0 Å². The number of aryl methyl sites for hydroxylation is 1. The highest BCUT2D eigenvalue weighted by Crippen LogP contribution is 2.22. The summed E-state index contributed by atoms with van der Waals surface area (Å²) in [5.74, 6) is 0.617. The Labute approximate surface area is 240 Å². The van der Waals surface area contributed by atoms with Crippen LogP contribution in [0.5, 0.6) is 0 Å². The summed E-state index contributed by atoms with van der Waals surface area (Å²) in [6, 6.07) is 44.1. The van der Waals surface area contributed by atoms with Crippen LogP contribution in [0, 0.1) is 6.92 Å². The zero-order chi connectivity index (χ0) is 27.7. The lowest BCUT2D eigenvalue weighted by Gasteiger charge is -2.08. The van der Waals surface area contributed by atoms with Crippen molar-refractivity contribution in [1.29, 1.82) is 0 Å². The Kier molecular flexibility index (Phi) is 8.89. The molecular formula is C40H38. The van der Waals surface area contributed by atoms with Crippen LogP contribution in [-0.4, -0.2) is 0 Å². The highest BCUT2D eigenvalue weighted by Gasteiger charge is 2.02. The largest absolute Gasteiger partial charge is 0.0648 e. The van der Waals surface area contributed by atoms with E-state index in [0.29, 0.717) is 5.92 Å². The molecule has 0 N–H and O–H groups in total. The third-order valence-electron chi connectivity index (χ3n) is 7.72. The van der Waals surface area contributed by atoms with Gasteiger partial charge in [0.1, 0.15) is 0 Å². The van der Waals surface area contributed by atoms with Crippen LogP contribution < -0.4 is 0 Å². The molecule has 0 heterocycles. The zero-order valence-corrected chi connectivity index (χ0v) is 23.8. The predicted octanol–water partition coefficient (Wildman–Crippen LogP) is 11.1. The number of rotatable bonds is 9. The van der Waals surface area contributed by atoms with Crippen molar-refractivity contribution in [3.63, 3.8) is 0 Å². The molecule has 0 aliphatic heterocycles. The summed E-state index contributed by atoms with van der Waals surface area (Å²) < 4.78 is 0. The van der Waals surface area contributed by atoms with Gasteiger partial charge in [-0.05, 0) is 75.8 Å². The van der Waals surface area contributed by atoms with Crippen molar-refractivity contribution >= 4 is 24.3 Å². The fourth-order valence-corrected chi connectivity index (χ4v) is 4.82. The average molecular weight is 519 g/mol. The minimum Gasteiger partial charge on any atom is -0.0648 e. The summed E-state index contributed by atoms with van der Waals surface area (Å²) in [5.41, 5.74) is 12.7. The monoisotopic (exact) mass is 518 g/mol. The van der Waals surface area contributed by atoms with Crippen LogP contribution in [0.4, 0.5) is 0 Å². The molecule has 5 rings (SSSR count). The Morgan fingerprint density at radius 1 is 0.475 bits per heavy atom. The van der Waals surface area contributed by atoms with Crippen LogP contribution in [-0.2, 0) is 6.42 Å². The Balaban J connectivity index is 1.15. The first-order valence-corrected chi connectivity index (χ1v) is 14.4. The molecule has 0 aliphatic rings. The van der Waals surface area contributed by atoms with Gasteiger partial charge in [-0.25, -0.2) is 0 Å². The number of hydrogen-bond acceptors (Lipinski definition) is 0. The molecule has 0 saturated heterocycles. The fraction of sp³-hybridized carbons (Fsp3) is 0.150. The summed E-state index contributed by atoms with van der Waals surface area (Å²) in [6.45, 7) is 6.64. The third-order valence-corrected chi connectivity index (χ3v) is 7.72. The van der Waals surface area contributed by atoms with Crippen molar-refractivity contribution in [2.75, 3.05) is 0 Å². The molecule has 0 aliphatic carbocycles. The molecule has 0 bridgehead atoms. The van der Waals surface area contributed by atoms with Crippen LogP contribution in [0.25, 0.3) is 35.4 Å². The second-order valence-corrected chi connectivity index (χ2v) is 10.8. The van der Waals surface area contributed by atoms with E-state index >= 15 is 0 Å². The van der Waals surface area contributed by atoms with E-state index in [9.17, 15) is 0 Å². The van der Waals surface area contributed by atoms with E-state index in [0.717, 1.165) is 6.42 Å². The van der Waals surface area contributed by atoms with E-state index in [1.54, 1.807) is 0 Å². The molecule has 0 fully saturated rings. The summed E-state index contributed by atoms with van der Waals surface area (Å²) in [5, 5.41) is 0. The van der Waals surface area contributed by atoms with Gasteiger partial charge < -0.3 is 0 Å². The Hall–Kier alpha value is -4.42. The van der Waals surface area contributed by atoms with Gasteiger partial charge in [0, 0.05) is 0 Å². The summed E-state index contributed by atoms with van der Waals surface area (Å²) in [6.07, 6.45) is 10.9. The number of hydrogen-bond donors (Lipinski definition) is 0. The van der Waals surface area contributed by atoms with E-state index in [2.05, 4.69) is 166 Å². The molecule has 0 aromatic heterocycles. The topological polar surface area (TPSA) is 0 Å². The van der Waals surface area contributed by atoms with Gasteiger partial charge in [0.25, 0.3) is 0 Å². The molecular weight excluding hydrogens is 480 g/mol. The van der Waals surface area contributed by atoms with Gasteiger partial charge in [-0.3, -0.25) is 0 Å². The van der Waals surface area contributed by atoms with E-state index in [4.69, 9.17) is 0 Å². The minimum atomic E-state index is 0.617. The molecule has 0 amide bonds. The van der Waals surface area contributed by atoms with E-state index in [1.165, 1.54) is 62.1 Å². The molecule has 5 aromatic carbocycles. The average Bonchev–Trinajstić information content (AvgIpc) is 3.01. The van der Waals surface area contributed by atoms with Gasteiger partial charge in [0.2, 0.25) is 0 Å². The van der Waals surface area contributed by atoms with Crippen molar-refractivity contribution < 1.29 is 0 Å². The van der Waals surface area contributed by atoms with Gasteiger partial charge in [-0.2, -0.15) is 0 Å². The standard InChI is InChI=1S/C40H38/c1-4-31(3)38-25-19-34(20-26-38)9-7-32-11-15-36(16-12-32)29-37-17-13-33(14-18-37)8-10-35-21-27-40(28-22-35)39-23-5-30(2)6-24-39/h5-28,31H,4,29H2,1-3H3/b9-7+,10-8+. The molecule has 198 valence electrons. The number of benzene rings is 5. The Morgan fingerprint density at radius 3 is 1.23 bits per heavy atom. The lowest BCUT2D eigenvalue weighted by molar-refractivity contribution is 0.733. The Bertz CT molecular complexity index is 1550. The SMILES string of the molecule is CCC(C)c1ccc(/C=C/c2ccc(Cc3ccc(/C=C/c4ccc(-c5ccc(C)cc5)cc4)cc3)cc2)cc1. The lowest BCUT2D eigenvalue weighted by Crippen LogP contribution is -1.90. The van der Waals surface area contributed by atoms with Gasteiger partial charge in [0.05, 0.1) is 0 Å². The second-order valence-electron chi connectivity index (χ2n) is 10.8. The maximum atomic E-state index is 2.28. The van der Waals surface area contributed by atoms with Crippen LogP contribution in [0.1, 0.15) is 70.7 Å². The molecule has 0 nitrogen and oxygen atoms in total. The Morgan fingerprint density at radius 2 is 0.825 bits per heavy atom. The molecule has 1 atom stereocenters. The van der Waals surface area contributed by atoms with E-state index in [-0.39, 0.29) is 0 Å². The van der Waals surface area contributed by atoms with Gasteiger partial charge >= 0.3 is 0 Å². The maximum Gasteiger partial charge on any atom is -0.00258 e. The highest BCUT2D eigenvalue weighted by molar-refractivity contribution is 5.72. The van der Waals surface area contributed by atoms with Crippen LogP contribution in [0.15, 0.2) is 121 Å². The first kappa shape index (κ1) is 27.2. The van der Waals surface area contributed by atoms with Crippen LogP contribution in [0.3, 0.4) is 0 Å². The first-order chi connectivity index (χ1) is 19.6. The first-order valence-electron chi connectivity index (χ1n) is 14.4. The smallest absolute Gasteiger partial charge is 0.00258 e. The molecule has 5 aromatic rings. The molecule has 1 unspecified atom stereocenters. The van der Waals surface area contributed by atoms with Crippen LogP contribution >= 0.6 is 0 Å². The molecule has 0 radical (unpaired) electrons. The summed E-state index contributed by atoms with van der Waals surface area (Å²) in [7, 11) is 0. The zero-order valence-electron chi connectivity index (χ0n) is 23.8. The normalized spacial score (nSPS) is 12.3. The van der Waals surface area contributed by atoms with Crippen molar-refractivity contribution in [2.45, 2.75) is 39.5 Å². The molecule has 40 heavy (non-hydrogen) atoms. The second kappa shape index (κ2) is 13.1. The van der Waals surface area contributed by atoms with Crippen molar-refractivity contribution in [2.24, 2.45) is 0 Å². The summed E-state index contributed by atoms with van der Waals surface area (Å²) >= 11 is 0. The van der Waals surface area contributed by atoms with Crippen molar-refractivity contribution in [3.05, 3.63) is 166 Å². The van der Waals surface area contributed by atoms with Crippen LogP contribution in [0.2, 0.25) is 0 Å². The molecule has 0 spiro atoms. The molecule has 0 saturated carbocycles.